The van der Waals surface area contributed by atoms with E-state index in [1.54, 1.807) is 0 Å². The molecule has 1 aliphatic heterocycles. The quantitative estimate of drug-likeness (QED) is 0.508. The minimum absolute atomic E-state index is 0.195. The monoisotopic (exact) mass is 316 g/mol. The van der Waals surface area contributed by atoms with Gasteiger partial charge in [0.15, 0.2) is 0 Å². The zero-order chi connectivity index (χ0) is 17.1. The standard InChI is InChI=1S/C21H32O2/c1-17-15-13-11-9-7-5-6-8-10-12-14-16-23-21(22)20(4)19(3)18(17)2/h6,8,10,12H,5,7,9,11,13-16H2,1-4H3/b8-6+,12-10+,18-17-,20-19+. The Morgan fingerprint density at radius 2 is 1.43 bits per heavy atom. The number of hydrogen-bond acceptors (Lipinski definition) is 2. The molecule has 1 heterocycles. The van der Waals surface area contributed by atoms with E-state index in [0.717, 1.165) is 30.4 Å². The van der Waals surface area contributed by atoms with E-state index in [-0.39, 0.29) is 5.97 Å². The van der Waals surface area contributed by atoms with Crippen molar-refractivity contribution in [1.29, 1.82) is 0 Å². The van der Waals surface area contributed by atoms with Gasteiger partial charge in [0, 0.05) is 5.57 Å². The molecule has 128 valence electrons. The number of carbonyl (C=O) groups excluding carboxylic acids is 1. The first-order valence-electron chi connectivity index (χ1n) is 8.87. The first kappa shape index (κ1) is 19.5. The summed E-state index contributed by atoms with van der Waals surface area (Å²) < 4.78 is 5.36. The van der Waals surface area contributed by atoms with E-state index in [1.165, 1.54) is 36.8 Å². The van der Waals surface area contributed by atoms with Gasteiger partial charge in [0.1, 0.15) is 0 Å². The van der Waals surface area contributed by atoms with Crippen molar-refractivity contribution in [1.82, 2.24) is 0 Å². The molecule has 2 heteroatoms. The third-order valence-corrected chi connectivity index (χ3v) is 4.64. The minimum atomic E-state index is -0.195. The van der Waals surface area contributed by atoms with Crippen molar-refractivity contribution in [3.8, 4) is 0 Å². The van der Waals surface area contributed by atoms with Gasteiger partial charge in [-0.2, -0.15) is 0 Å². The fourth-order valence-corrected chi connectivity index (χ4v) is 2.63. The van der Waals surface area contributed by atoms with Gasteiger partial charge in [-0.05, 0) is 70.9 Å². The molecule has 0 amide bonds. The van der Waals surface area contributed by atoms with Gasteiger partial charge in [0.2, 0.25) is 0 Å². The lowest BCUT2D eigenvalue weighted by Gasteiger charge is -2.12. The SMILES string of the molecule is C/C1=C(C)/C(C)=C(\C)C(=O)OCC/C=C/C=C/CCCCCC1. The topological polar surface area (TPSA) is 26.3 Å². The van der Waals surface area contributed by atoms with Gasteiger partial charge in [-0.15, -0.1) is 0 Å². The summed E-state index contributed by atoms with van der Waals surface area (Å²) in [7, 11) is 0. The van der Waals surface area contributed by atoms with Crippen LogP contribution >= 0.6 is 0 Å². The molecule has 0 aromatic rings. The van der Waals surface area contributed by atoms with Crippen molar-refractivity contribution in [2.24, 2.45) is 0 Å². The van der Waals surface area contributed by atoms with Crippen LogP contribution in [0.2, 0.25) is 0 Å². The number of hydrogen-bond donors (Lipinski definition) is 0. The van der Waals surface area contributed by atoms with E-state index in [4.69, 9.17) is 4.74 Å². The summed E-state index contributed by atoms with van der Waals surface area (Å²) in [5, 5.41) is 0. The van der Waals surface area contributed by atoms with Crippen molar-refractivity contribution in [3.63, 3.8) is 0 Å². The van der Waals surface area contributed by atoms with Crippen molar-refractivity contribution < 1.29 is 9.53 Å². The van der Waals surface area contributed by atoms with Crippen LogP contribution in [0.3, 0.4) is 0 Å². The Labute approximate surface area is 142 Å². The van der Waals surface area contributed by atoms with Crippen LogP contribution in [0.4, 0.5) is 0 Å². The Bertz CT molecular complexity index is 504. The van der Waals surface area contributed by atoms with Crippen molar-refractivity contribution >= 4 is 5.97 Å². The summed E-state index contributed by atoms with van der Waals surface area (Å²) in [6.45, 7) is 8.63. The van der Waals surface area contributed by atoms with E-state index in [0.29, 0.717) is 6.61 Å². The number of ether oxygens (including phenoxy) is 1. The summed E-state index contributed by atoms with van der Waals surface area (Å²) in [6.07, 6.45) is 16.5. The van der Waals surface area contributed by atoms with Gasteiger partial charge in [0.25, 0.3) is 0 Å². The maximum Gasteiger partial charge on any atom is 0.333 e. The highest BCUT2D eigenvalue weighted by Crippen LogP contribution is 2.22. The second kappa shape index (κ2) is 11.0. The van der Waals surface area contributed by atoms with E-state index in [1.807, 2.05) is 26.0 Å². The zero-order valence-electron chi connectivity index (χ0n) is 15.3. The van der Waals surface area contributed by atoms with Gasteiger partial charge >= 0.3 is 5.97 Å². The van der Waals surface area contributed by atoms with Gasteiger partial charge < -0.3 is 4.74 Å². The molecule has 0 N–H and O–H groups in total. The average molecular weight is 316 g/mol. The van der Waals surface area contributed by atoms with Gasteiger partial charge in [0.05, 0.1) is 6.61 Å². The molecule has 0 saturated heterocycles. The maximum atomic E-state index is 12.1. The van der Waals surface area contributed by atoms with Crippen molar-refractivity contribution in [2.45, 2.75) is 72.6 Å². The van der Waals surface area contributed by atoms with Gasteiger partial charge in [-0.3, -0.25) is 0 Å². The number of rotatable bonds is 0. The normalized spacial score (nSPS) is 29.3. The summed E-state index contributed by atoms with van der Waals surface area (Å²) in [6, 6.07) is 0. The highest BCUT2D eigenvalue weighted by atomic mass is 16.5. The second-order valence-corrected chi connectivity index (χ2v) is 6.39. The van der Waals surface area contributed by atoms with Crippen molar-refractivity contribution in [2.75, 3.05) is 6.61 Å². The van der Waals surface area contributed by atoms with Gasteiger partial charge in [-0.25, -0.2) is 4.79 Å². The summed E-state index contributed by atoms with van der Waals surface area (Å²) in [5.41, 5.74) is 4.42. The first-order chi connectivity index (χ1) is 11.0. The van der Waals surface area contributed by atoms with E-state index >= 15 is 0 Å². The lowest BCUT2D eigenvalue weighted by atomic mass is 9.96. The Morgan fingerprint density at radius 3 is 2.17 bits per heavy atom. The molecule has 0 bridgehead atoms. The summed E-state index contributed by atoms with van der Waals surface area (Å²) in [5.74, 6) is -0.195. The van der Waals surface area contributed by atoms with Crippen LogP contribution in [0, 0.1) is 0 Å². The molecule has 0 spiro atoms. The molecule has 0 aromatic carbocycles. The van der Waals surface area contributed by atoms with Crippen LogP contribution in [0.5, 0.6) is 0 Å². The molecule has 0 aromatic heterocycles. The summed E-state index contributed by atoms with van der Waals surface area (Å²) >= 11 is 0. The van der Waals surface area contributed by atoms with Crippen LogP contribution in [-0.2, 0) is 9.53 Å². The fourth-order valence-electron chi connectivity index (χ4n) is 2.63. The largest absolute Gasteiger partial charge is 0.462 e. The van der Waals surface area contributed by atoms with E-state index in [2.05, 4.69) is 26.0 Å². The van der Waals surface area contributed by atoms with Crippen molar-refractivity contribution in [3.05, 3.63) is 46.6 Å². The highest BCUT2D eigenvalue weighted by molar-refractivity contribution is 5.89. The van der Waals surface area contributed by atoms with Crippen LogP contribution in [0.25, 0.3) is 0 Å². The molecule has 0 aliphatic carbocycles. The maximum absolute atomic E-state index is 12.1. The summed E-state index contributed by atoms with van der Waals surface area (Å²) in [4.78, 5) is 12.1. The zero-order valence-corrected chi connectivity index (χ0v) is 15.3. The third-order valence-electron chi connectivity index (χ3n) is 4.64. The molecule has 0 fully saturated rings. The predicted octanol–water partition coefficient (Wildman–Crippen LogP) is 6.06. The van der Waals surface area contributed by atoms with Crippen LogP contribution in [0.15, 0.2) is 46.6 Å². The van der Waals surface area contributed by atoms with Gasteiger partial charge in [-0.1, -0.05) is 42.7 Å². The molecule has 0 radical (unpaired) electrons. The predicted molar refractivity (Wildman–Crippen MR) is 98.3 cm³/mol. The van der Waals surface area contributed by atoms with Crippen LogP contribution in [0.1, 0.15) is 72.6 Å². The highest BCUT2D eigenvalue weighted by Gasteiger charge is 2.11. The first-order valence-corrected chi connectivity index (χ1v) is 8.87. The molecule has 1 aliphatic rings. The Morgan fingerprint density at radius 1 is 0.783 bits per heavy atom. The lowest BCUT2D eigenvalue weighted by Crippen LogP contribution is -2.09. The molecule has 0 atom stereocenters. The molecule has 23 heavy (non-hydrogen) atoms. The molecule has 0 saturated carbocycles. The Kier molecular flexibility index (Phi) is 9.35. The number of allylic oxidation sites excluding steroid dienone is 6. The average Bonchev–Trinajstić information content (AvgIpc) is 2.55. The Hall–Kier alpha value is -1.57. The van der Waals surface area contributed by atoms with Crippen LogP contribution in [-0.4, -0.2) is 12.6 Å². The Balaban J connectivity index is 2.81. The third kappa shape index (κ3) is 7.49. The molecule has 1 rings (SSSR count). The number of cyclic esters (lactones) is 1. The molecular formula is C21H32O2. The van der Waals surface area contributed by atoms with E-state index < -0.39 is 0 Å². The molecule has 2 nitrogen and oxygen atoms in total. The number of carbonyl (C=O) groups is 1. The lowest BCUT2D eigenvalue weighted by molar-refractivity contribution is -0.138. The second-order valence-electron chi connectivity index (χ2n) is 6.39. The van der Waals surface area contributed by atoms with E-state index in [9.17, 15) is 4.79 Å². The molecule has 0 unspecified atom stereocenters. The van der Waals surface area contributed by atoms with Crippen LogP contribution < -0.4 is 0 Å². The fraction of sp³-hybridized carbons (Fsp3) is 0.571. The number of esters is 1. The molecular weight excluding hydrogens is 284 g/mol. The minimum Gasteiger partial charge on any atom is -0.462 e. The smallest absolute Gasteiger partial charge is 0.333 e.